The summed E-state index contributed by atoms with van der Waals surface area (Å²) in [6.45, 7) is 0. The molecule has 0 amide bonds. The van der Waals surface area contributed by atoms with Crippen molar-refractivity contribution in [1.82, 2.24) is 0 Å². The van der Waals surface area contributed by atoms with Gasteiger partial charge in [-0.3, -0.25) is 8.42 Å². The van der Waals surface area contributed by atoms with Gasteiger partial charge in [0.1, 0.15) is 0 Å². The third kappa shape index (κ3) is 5.22. The third-order valence-corrected chi connectivity index (χ3v) is 2.42. The van der Waals surface area contributed by atoms with Crippen molar-refractivity contribution >= 4 is 44.5 Å². The number of rotatable bonds is 1. The molecule has 1 aromatic rings. The molecule has 68 valence electrons. The fourth-order valence-corrected chi connectivity index (χ4v) is 1.32. The molecule has 2 nitrogen and oxygen atoms in total. The Bertz CT molecular complexity index is 349. The van der Waals surface area contributed by atoms with Crippen LogP contribution >= 0.6 is 11.6 Å². The van der Waals surface area contributed by atoms with Gasteiger partial charge in [-0.25, -0.2) is 6.26 Å². The van der Waals surface area contributed by atoms with E-state index >= 15 is 0 Å². The molecule has 0 saturated heterocycles. The first-order chi connectivity index (χ1) is 5.00. The van der Waals surface area contributed by atoms with Crippen molar-refractivity contribution in [2.45, 2.75) is 4.90 Å². The summed E-state index contributed by atoms with van der Waals surface area (Å²) in [5.74, 6) is 0. The van der Waals surface area contributed by atoms with E-state index in [9.17, 15) is 8.42 Å². The smallest absolute Gasteiger partial charge is 1.00 e. The van der Waals surface area contributed by atoms with Crippen molar-refractivity contribution in [3.63, 3.8) is 0 Å². The molecule has 1 rings (SSSR count). The Hall–Kier alpha value is 0.706. The molecule has 13 heavy (non-hydrogen) atoms. The van der Waals surface area contributed by atoms with Crippen molar-refractivity contribution in [3.05, 3.63) is 35.5 Å². The summed E-state index contributed by atoms with van der Waals surface area (Å²) < 4.78 is 21.6. The molecule has 0 saturated carbocycles. The van der Waals surface area contributed by atoms with Crippen LogP contribution in [0.4, 0.5) is 0 Å². The van der Waals surface area contributed by atoms with Crippen LogP contribution in [0.15, 0.2) is 29.2 Å². The molecule has 0 aliphatic rings. The fraction of sp³-hybridized carbons (Fsp3) is 0. The van der Waals surface area contributed by atoms with Gasteiger partial charge in [0.05, 0.1) is 0 Å². The zero-order valence-corrected chi connectivity index (χ0v) is 11.3. The summed E-state index contributed by atoms with van der Waals surface area (Å²) in [6, 6.07) is 5.87. The molecule has 0 atom stereocenters. The Balaban J connectivity index is 0. The van der Waals surface area contributed by atoms with Crippen LogP contribution in [-0.4, -0.2) is 31.5 Å². The van der Waals surface area contributed by atoms with Crippen LogP contribution in [0.1, 0.15) is 0 Å². The predicted octanol–water partition coefficient (Wildman–Crippen LogP) is -1.47. The van der Waals surface area contributed by atoms with Crippen molar-refractivity contribution in [3.8, 4) is 0 Å². The van der Waals surface area contributed by atoms with Crippen molar-refractivity contribution < 1.29 is 25.4 Å². The molecule has 1 aromatic carbocycles. The van der Waals surface area contributed by atoms with Crippen LogP contribution in [0.5, 0.6) is 0 Å². The van der Waals surface area contributed by atoms with Crippen LogP contribution in [0.25, 0.3) is 0 Å². The second-order valence-corrected chi connectivity index (χ2v) is 4.21. The summed E-state index contributed by atoms with van der Waals surface area (Å²) in [7, 11) is -3.33. The maximum Gasteiger partial charge on any atom is 2.00 e. The van der Waals surface area contributed by atoms with Gasteiger partial charge in [-0.2, -0.15) is 0 Å². The van der Waals surface area contributed by atoms with Crippen LogP contribution < -0.4 is 17.0 Å². The van der Waals surface area contributed by atoms with Crippen LogP contribution in [0.3, 0.4) is 0 Å². The maximum absolute atomic E-state index is 10.8. The minimum absolute atomic E-state index is 0. The van der Waals surface area contributed by atoms with E-state index in [-0.39, 0.29) is 44.9 Å². The summed E-state index contributed by atoms with van der Waals surface area (Å²) in [5, 5.41) is 0.511. The Morgan fingerprint density at radius 3 is 1.85 bits per heavy atom. The van der Waals surface area contributed by atoms with Crippen LogP contribution in [-0.2, 0) is 9.84 Å². The van der Waals surface area contributed by atoms with E-state index in [1.54, 1.807) is 0 Å². The standard InChI is InChI=1S/C7H6ClO2S.BrH.Mg/c1-11(9,10)7-4-2-6(8)3-5-7;;/h2-5H,1H2;1H;/q-1;;+2/p-1. The first kappa shape index (κ1) is 16.1. The molecule has 6 heteroatoms. The van der Waals surface area contributed by atoms with Gasteiger partial charge in [0.15, 0.2) is 0 Å². The second kappa shape index (κ2) is 6.24. The molecule has 0 aliphatic heterocycles. The Kier molecular flexibility index (Phi) is 7.75. The second-order valence-electron chi connectivity index (χ2n) is 2.07. The fourth-order valence-electron chi connectivity index (χ4n) is 0.642. The summed E-state index contributed by atoms with van der Waals surface area (Å²) >= 11 is 5.55. The molecule has 0 radical (unpaired) electrons. The average Bonchev–Trinajstić information content (AvgIpc) is 1.86. The van der Waals surface area contributed by atoms with Crippen molar-refractivity contribution in [2.75, 3.05) is 0 Å². The molecule has 0 heterocycles. The van der Waals surface area contributed by atoms with Crippen LogP contribution in [0, 0.1) is 6.26 Å². The predicted molar refractivity (Wildman–Crippen MR) is 49.7 cm³/mol. The molecule has 0 N–H and O–H groups in total. The van der Waals surface area contributed by atoms with Gasteiger partial charge < -0.3 is 17.0 Å². The van der Waals surface area contributed by atoms with Gasteiger partial charge in [-0.15, -0.1) is 0 Å². The number of halogens is 2. The van der Waals surface area contributed by atoms with E-state index < -0.39 is 9.84 Å². The van der Waals surface area contributed by atoms with Gasteiger partial charge in [0.25, 0.3) is 0 Å². The maximum atomic E-state index is 10.8. The Morgan fingerprint density at radius 1 is 1.15 bits per heavy atom. The van der Waals surface area contributed by atoms with Crippen molar-refractivity contribution in [2.24, 2.45) is 0 Å². The third-order valence-electron chi connectivity index (χ3n) is 1.17. The van der Waals surface area contributed by atoms with Gasteiger partial charge >= 0.3 is 23.1 Å². The SMILES string of the molecule is [Br-].[CH2-]S(=O)(=O)c1ccc(Cl)cc1.[Mg+2]. The normalized spacial score (nSPS) is 9.69. The van der Waals surface area contributed by atoms with Crippen molar-refractivity contribution in [1.29, 1.82) is 0 Å². The molecular weight excluding hydrogens is 288 g/mol. The van der Waals surface area contributed by atoms with Crippen LogP contribution in [0.2, 0.25) is 5.02 Å². The van der Waals surface area contributed by atoms with E-state index in [0.717, 1.165) is 0 Å². The minimum Gasteiger partial charge on any atom is -1.00 e. The van der Waals surface area contributed by atoms with Gasteiger partial charge in [-0.1, -0.05) is 11.6 Å². The first-order valence-electron chi connectivity index (χ1n) is 2.84. The quantitative estimate of drug-likeness (QED) is 0.468. The van der Waals surface area contributed by atoms with E-state index in [4.69, 9.17) is 11.6 Å². The van der Waals surface area contributed by atoms with E-state index in [1.165, 1.54) is 24.3 Å². The molecule has 0 bridgehead atoms. The van der Waals surface area contributed by atoms with Gasteiger partial charge in [-0.05, 0) is 24.3 Å². The molecular formula is C7H6BrClMgO2S. The largest absolute Gasteiger partial charge is 2.00 e. The number of hydrogen-bond acceptors (Lipinski definition) is 2. The molecule has 0 spiro atoms. The average molecular weight is 294 g/mol. The topological polar surface area (TPSA) is 34.1 Å². The monoisotopic (exact) mass is 292 g/mol. The van der Waals surface area contributed by atoms with Gasteiger partial charge in [0, 0.05) is 19.8 Å². The van der Waals surface area contributed by atoms with E-state index in [2.05, 4.69) is 6.26 Å². The number of hydrogen-bond donors (Lipinski definition) is 0. The zero-order chi connectivity index (χ0) is 8.48. The summed E-state index contributed by atoms with van der Waals surface area (Å²) in [5.41, 5.74) is 0. The molecule has 0 aromatic heterocycles. The number of benzene rings is 1. The van der Waals surface area contributed by atoms with Gasteiger partial charge in [0.2, 0.25) is 0 Å². The molecule has 0 unspecified atom stereocenters. The molecule has 0 aliphatic carbocycles. The minimum atomic E-state index is -3.33. The van der Waals surface area contributed by atoms with E-state index in [1.807, 2.05) is 0 Å². The summed E-state index contributed by atoms with van der Waals surface area (Å²) in [4.78, 5) is 0.182. The Morgan fingerprint density at radius 2 is 1.54 bits per heavy atom. The molecule has 0 fully saturated rings. The Labute approximate surface area is 110 Å². The summed E-state index contributed by atoms with van der Waals surface area (Å²) in [6.07, 6.45) is 3.00. The zero-order valence-electron chi connectivity index (χ0n) is 6.70. The van der Waals surface area contributed by atoms with E-state index in [0.29, 0.717) is 5.02 Å². The number of sulfone groups is 1. The first-order valence-corrected chi connectivity index (χ1v) is 4.87.